The molecule has 0 spiro atoms. The molecule has 23 heavy (non-hydrogen) atoms. The minimum Gasteiger partial charge on any atom is -0.490 e. The number of benzene rings is 2. The first kappa shape index (κ1) is 17.4. The molecule has 1 N–H and O–H groups in total. The predicted molar refractivity (Wildman–Crippen MR) is 94.9 cm³/mol. The number of para-hydroxylation sites is 1. The molecule has 0 bridgehead atoms. The summed E-state index contributed by atoms with van der Waals surface area (Å²) >= 11 is 0. The maximum absolute atomic E-state index is 6.10. The molecular weight excluding hydrogens is 286 g/mol. The molecule has 0 aromatic heterocycles. The van der Waals surface area contributed by atoms with Gasteiger partial charge in [0.05, 0.1) is 6.61 Å². The van der Waals surface area contributed by atoms with Crippen LogP contribution in [0.5, 0.6) is 11.5 Å². The van der Waals surface area contributed by atoms with E-state index in [1.54, 1.807) is 0 Å². The third-order valence-corrected chi connectivity index (χ3v) is 3.45. The van der Waals surface area contributed by atoms with Gasteiger partial charge in [0.25, 0.3) is 0 Å². The van der Waals surface area contributed by atoms with Gasteiger partial charge in [-0.2, -0.15) is 0 Å². The highest BCUT2D eigenvalue weighted by Crippen LogP contribution is 2.32. The zero-order valence-corrected chi connectivity index (χ0v) is 14.3. The van der Waals surface area contributed by atoms with Gasteiger partial charge >= 0.3 is 0 Å². The molecule has 0 unspecified atom stereocenters. The van der Waals surface area contributed by atoms with Crippen LogP contribution in [0.4, 0.5) is 0 Å². The molecule has 0 aliphatic carbocycles. The van der Waals surface area contributed by atoms with Crippen molar-refractivity contribution in [2.24, 2.45) is 5.92 Å². The fourth-order valence-corrected chi connectivity index (χ4v) is 2.36. The first-order valence-electron chi connectivity index (χ1n) is 8.32. The summed E-state index contributed by atoms with van der Waals surface area (Å²) < 4.78 is 11.8. The highest BCUT2D eigenvalue weighted by molar-refractivity contribution is 5.46. The fourth-order valence-electron chi connectivity index (χ4n) is 2.36. The minimum atomic E-state index is 0.544. The third kappa shape index (κ3) is 5.61. The Bertz CT molecular complexity index is 581. The molecule has 0 amide bonds. The van der Waals surface area contributed by atoms with Crippen molar-refractivity contribution in [1.29, 1.82) is 0 Å². The first-order valence-corrected chi connectivity index (χ1v) is 8.32. The van der Waals surface area contributed by atoms with Crippen LogP contribution in [0.25, 0.3) is 0 Å². The van der Waals surface area contributed by atoms with Gasteiger partial charge < -0.3 is 14.8 Å². The largest absolute Gasteiger partial charge is 0.490 e. The maximum Gasteiger partial charge on any atom is 0.166 e. The van der Waals surface area contributed by atoms with Gasteiger partial charge in [-0.05, 0) is 31.0 Å². The summed E-state index contributed by atoms with van der Waals surface area (Å²) in [6.07, 6.45) is 0. The summed E-state index contributed by atoms with van der Waals surface area (Å²) in [5.41, 5.74) is 2.28. The predicted octanol–water partition coefficient (Wildman–Crippen LogP) is 4.41. The van der Waals surface area contributed by atoms with Crippen LogP contribution in [0.2, 0.25) is 0 Å². The number of ether oxygens (including phenoxy) is 2. The van der Waals surface area contributed by atoms with E-state index >= 15 is 0 Å². The number of nitrogens with one attached hydrogen (secondary N) is 1. The molecule has 124 valence electrons. The van der Waals surface area contributed by atoms with Crippen molar-refractivity contribution in [3.8, 4) is 11.5 Å². The highest BCUT2D eigenvalue weighted by Gasteiger charge is 2.11. The second-order valence-electron chi connectivity index (χ2n) is 5.98. The number of hydrogen-bond acceptors (Lipinski definition) is 3. The van der Waals surface area contributed by atoms with Crippen molar-refractivity contribution < 1.29 is 9.47 Å². The van der Waals surface area contributed by atoms with Gasteiger partial charge in [0.1, 0.15) is 6.61 Å². The zero-order chi connectivity index (χ0) is 16.5. The molecule has 0 aliphatic heterocycles. The van der Waals surface area contributed by atoms with Crippen LogP contribution in [0.3, 0.4) is 0 Å². The molecule has 0 saturated heterocycles. The summed E-state index contributed by atoms with van der Waals surface area (Å²) in [5, 5.41) is 3.47. The lowest BCUT2D eigenvalue weighted by Gasteiger charge is -2.17. The van der Waals surface area contributed by atoms with Crippen molar-refractivity contribution in [3.05, 3.63) is 59.7 Å². The van der Waals surface area contributed by atoms with Crippen LogP contribution < -0.4 is 14.8 Å². The van der Waals surface area contributed by atoms with Crippen molar-refractivity contribution in [3.63, 3.8) is 0 Å². The smallest absolute Gasteiger partial charge is 0.166 e. The lowest BCUT2D eigenvalue weighted by Crippen LogP contribution is -2.19. The van der Waals surface area contributed by atoms with E-state index in [4.69, 9.17) is 9.47 Å². The molecule has 0 radical (unpaired) electrons. The Labute approximate surface area is 139 Å². The Morgan fingerprint density at radius 1 is 0.957 bits per heavy atom. The minimum absolute atomic E-state index is 0.544. The average Bonchev–Trinajstić information content (AvgIpc) is 2.55. The molecule has 0 heterocycles. The SMILES string of the molecule is CCOc1cccc(CNCC(C)C)c1OCc1ccccc1. The standard InChI is InChI=1S/C20H27NO2/c1-4-22-19-12-8-11-18(14-21-13-16(2)3)20(19)23-15-17-9-6-5-7-10-17/h5-12,16,21H,4,13-15H2,1-3H3. The van der Waals surface area contributed by atoms with Crippen LogP contribution >= 0.6 is 0 Å². The lowest BCUT2D eigenvalue weighted by molar-refractivity contribution is 0.266. The summed E-state index contributed by atoms with van der Waals surface area (Å²) in [6.45, 7) is 9.34. The van der Waals surface area contributed by atoms with Gasteiger partial charge in [0.2, 0.25) is 0 Å². The molecule has 2 aromatic rings. The monoisotopic (exact) mass is 313 g/mol. The Hall–Kier alpha value is -2.00. The number of rotatable bonds is 9. The maximum atomic E-state index is 6.10. The van der Waals surface area contributed by atoms with E-state index in [2.05, 4.69) is 37.4 Å². The molecule has 0 fully saturated rings. The normalized spacial score (nSPS) is 10.8. The van der Waals surface area contributed by atoms with Gasteiger partial charge in [0, 0.05) is 12.1 Å². The second kappa shape index (κ2) is 9.21. The van der Waals surface area contributed by atoms with Crippen molar-refractivity contribution in [2.45, 2.75) is 33.9 Å². The van der Waals surface area contributed by atoms with Gasteiger partial charge in [-0.1, -0.05) is 56.3 Å². The van der Waals surface area contributed by atoms with Crippen LogP contribution in [0.15, 0.2) is 48.5 Å². The van der Waals surface area contributed by atoms with E-state index in [9.17, 15) is 0 Å². The molecule has 3 heteroatoms. The average molecular weight is 313 g/mol. The quantitative estimate of drug-likeness (QED) is 0.744. The van der Waals surface area contributed by atoms with E-state index in [0.29, 0.717) is 19.1 Å². The molecule has 3 nitrogen and oxygen atoms in total. The summed E-state index contributed by atoms with van der Waals surface area (Å²) in [7, 11) is 0. The summed E-state index contributed by atoms with van der Waals surface area (Å²) in [4.78, 5) is 0. The lowest BCUT2D eigenvalue weighted by atomic mass is 10.1. The van der Waals surface area contributed by atoms with E-state index in [0.717, 1.165) is 35.7 Å². The van der Waals surface area contributed by atoms with Crippen molar-refractivity contribution in [1.82, 2.24) is 5.32 Å². The zero-order valence-electron chi connectivity index (χ0n) is 14.3. The Morgan fingerprint density at radius 2 is 1.74 bits per heavy atom. The van der Waals surface area contributed by atoms with Crippen LogP contribution in [0, 0.1) is 5.92 Å². The third-order valence-electron chi connectivity index (χ3n) is 3.45. The second-order valence-corrected chi connectivity index (χ2v) is 5.98. The van der Waals surface area contributed by atoms with E-state index in [-0.39, 0.29) is 0 Å². The Balaban J connectivity index is 2.12. The molecule has 2 aromatic carbocycles. The van der Waals surface area contributed by atoms with E-state index in [1.165, 1.54) is 0 Å². The molecule has 0 saturated carbocycles. The van der Waals surface area contributed by atoms with Crippen LogP contribution in [-0.4, -0.2) is 13.2 Å². The molecular formula is C20H27NO2. The fraction of sp³-hybridized carbons (Fsp3) is 0.400. The van der Waals surface area contributed by atoms with Gasteiger partial charge in [0.15, 0.2) is 11.5 Å². The number of hydrogen-bond donors (Lipinski definition) is 1. The van der Waals surface area contributed by atoms with Gasteiger partial charge in [-0.15, -0.1) is 0 Å². The Morgan fingerprint density at radius 3 is 2.43 bits per heavy atom. The van der Waals surface area contributed by atoms with Crippen LogP contribution in [0.1, 0.15) is 31.9 Å². The molecule has 2 rings (SSSR count). The Kier molecular flexibility index (Phi) is 6.95. The molecule has 0 atom stereocenters. The van der Waals surface area contributed by atoms with Crippen LogP contribution in [-0.2, 0) is 13.2 Å². The molecule has 0 aliphatic rings. The van der Waals surface area contributed by atoms with E-state index in [1.807, 2.05) is 37.3 Å². The van der Waals surface area contributed by atoms with E-state index < -0.39 is 0 Å². The van der Waals surface area contributed by atoms with Gasteiger partial charge in [-0.25, -0.2) is 0 Å². The van der Waals surface area contributed by atoms with Crippen molar-refractivity contribution in [2.75, 3.05) is 13.2 Å². The van der Waals surface area contributed by atoms with Crippen molar-refractivity contribution >= 4 is 0 Å². The summed E-state index contributed by atoms with van der Waals surface area (Å²) in [5.74, 6) is 2.28. The first-order chi connectivity index (χ1) is 11.2. The summed E-state index contributed by atoms with van der Waals surface area (Å²) in [6, 6.07) is 16.3. The topological polar surface area (TPSA) is 30.5 Å². The van der Waals surface area contributed by atoms with Gasteiger partial charge in [-0.3, -0.25) is 0 Å². The highest BCUT2D eigenvalue weighted by atomic mass is 16.5.